The summed E-state index contributed by atoms with van der Waals surface area (Å²) in [6.07, 6.45) is 0. The molecule has 0 rings (SSSR count). The molecule has 12 heteroatoms. The zero-order valence-electron chi connectivity index (χ0n) is 5.92. The summed E-state index contributed by atoms with van der Waals surface area (Å²) < 4.78 is 0. The molecule has 0 aromatic rings. The Kier molecular flexibility index (Phi) is 5440000. The molecule has 0 aliphatic heterocycles. The minimum atomic E-state index is 0. The molecule has 0 aliphatic carbocycles. The van der Waals surface area contributed by atoms with E-state index in [1.54, 1.807) is 0 Å². The summed E-state index contributed by atoms with van der Waals surface area (Å²) in [7, 11) is 0. The monoisotopic (exact) mass is 206 g/mol. The minimum Gasteiger partial charge on any atom is -0.870 e. The van der Waals surface area contributed by atoms with Crippen LogP contribution >= 0.6 is 0 Å². The Balaban J connectivity index is 0. The topological polar surface area (TPSA) is 342 Å². The molecular formula is H19BO11. The van der Waals surface area contributed by atoms with Crippen LogP contribution in [0, 0.1) is 0 Å². The molecule has 11 nitrogen and oxygen atoms in total. The summed E-state index contributed by atoms with van der Waals surface area (Å²) in [5, 5.41) is 0. The molecule has 0 spiro atoms. The van der Waals surface area contributed by atoms with Gasteiger partial charge in [-0.2, -0.15) is 0 Å². The fraction of sp³-hybridized carbons (Fsp3) is 0. The third kappa shape index (κ3) is 5090. The largest absolute Gasteiger partial charge is 3.00 e. The van der Waals surface area contributed by atoms with Crippen LogP contribution in [0.1, 0.15) is 0 Å². The normalized spacial score (nSPS) is 0. The van der Waals surface area contributed by atoms with Crippen molar-refractivity contribution in [2.75, 3.05) is 0 Å². The van der Waals surface area contributed by atoms with Crippen molar-refractivity contribution in [3.8, 4) is 0 Å². The molecule has 0 amide bonds. The number of hydrogen-bond acceptors (Lipinski definition) is 3. The number of hydrogen-bond donors (Lipinski definition) is 0. The van der Waals surface area contributed by atoms with Gasteiger partial charge in [0.2, 0.25) is 0 Å². The third-order valence-corrected chi connectivity index (χ3v) is 0. The molecule has 0 unspecified atom stereocenters. The zero-order valence-corrected chi connectivity index (χ0v) is 5.92. The van der Waals surface area contributed by atoms with Crippen molar-refractivity contribution >= 4 is 8.41 Å². The van der Waals surface area contributed by atoms with Gasteiger partial charge in [-0.15, -0.1) is 0 Å². The summed E-state index contributed by atoms with van der Waals surface area (Å²) >= 11 is 0. The van der Waals surface area contributed by atoms with E-state index in [1.807, 2.05) is 0 Å². The Labute approximate surface area is 70.0 Å². The second-order valence-electron chi connectivity index (χ2n) is 0. The first-order valence-electron chi connectivity index (χ1n) is 0. The van der Waals surface area contributed by atoms with Gasteiger partial charge in [-0.05, 0) is 0 Å². The molecule has 0 aromatic carbocycles. The van der Waals surface area contributed by atoms with Crippen molar-refractivity contribution in [1.82, 2.24) is 0 Å². The molecule has 0 saturated heterocycles. The van der Waals surface area contributed by atoms with Crippen LogP contribution in [0.5, 0.6) is 0 Å². The van der Waals surface area contributed by atoms with E-state index in [2.05, 4.69) is 0 Å². The molecule has 0 fully saturated rings. The fourth-order valence-corrected chi connectivity index (χ4v) is 0. The van der Waals surface area contributed by atoms with E-state index in [0.29, 0.717) is 0 Å². The van der Waals surface area contributed by atoms with E-state index >= 15 is 0 Å². The van der Waals surface area contributed by atoms with Crippen LogP contribution in [-0.2, 0) is 0 Å². The summed E-state index contributed by atoms with van der Waals surface area (Å²) in [4.78, 5) is 0. The number of rotatable bonds is 0. The molecule has 19 N–H and O–H groups in total. The van der Waals surface area contributed by atoms with Crippen LogP contribution < -0.4 is 0 Å². The molecule has 0 saturated carbocycles. The summed E-state index contributed by atoms with van der Waals surface area (Å²) in [5.41, 5.74) is 0. The molecule has 12 heavy (non-hydrogen) atoms. The van der Waals surface area contributed by atoms with E-state index in [0.717, 1.165) is 0 Å². The van der Waals surface area contributed by atoms with Crippen molar-refractivity contribution in [2.24, 2.45) is 0 Å². The second-order valence-corrected chi connectivity index (χ2v) is 0. The first-order chi connectivity index (χ1) is 0. The van der Waals surface area contributed by atoms with E-state index in [-0.39, 0.29) is 68.7 Å². The van der Waals surface area contributed by atoms with Crippen LogP contribution in [0.2, 0.25) is 0 Å². The van der Waals surface area contributed by atoms with Crippen LogP contribution in [0.15, 0.2) is 0 Å². The van der Waals surface area contributed by atoms with Gasteiger partial charge in [0.15, 0.2) is 0 Å². The first-order valence-corrected chi connectivity index (χ1v) is 0. The fourth-order valence-electron chi connectivity index (χ4n) is 0. The van der Waals surface area contributed by atoms with Gasteiger partial charge in [0.25, 0.3) is 0 Å². The molecule has 88 valence electrons. The van der Waals surface area contributed by atoms with Crippen LogP contribution in [0.25, 0.3) is 0 Å². The summed E-state index contributed by atoms with van der Waals surface area (Å²) in [6.45, 7) is 0. The maximum atomic E-state index is 0. The Morgan fingerprint density at radius 1 is 0.250 bits per heavy atom. The van der Waals surface area contributed by atoms with Gasteiger partial charge in [-0.1, -0.05) is 0 Å². The smallest absolute Gasteiger partial charge is 0.870 e. The van der Waals surface area contributed by atoms with Crippen LogP contribution in [-0.4, -0.2) is 68.7 Å². The van der Waals surface area contributed by atoms with Crippen molar-refractivity contribution in [3.63, 3.8) is 0 Å². The third-order valence-electron chi connectivity index (χ3n) is 0. The molecule has 0 heterocycles. The van der Waals surface area contributed by atoms with Gasteiger partial charge in [0.05, 0.1) is 0 Å². The van der Waals surface area contributed by atoms with Gasteiger partial charge >= 0.3 is 8.41 Å². The molecule has 0 aliphatic rings. The SMILES string of the molecule is O.O.O.O.O.O.O.O.[B+3].[OH-].[OH-].[OH-]. The predicted molar refractivity (Wildman–Crippen MR) is 40.5 cm³/mol. The van der Waals surface area contributed by atoms with Gasteiger partial charge < -0.3 is 60.2 Å². The Hall–Kier alpha value is -0.375. The zero-order chi connectivity index (χ0) is 0. The maximum Gasteiger partial charge on any atom is 3.00 e. The van der Waals surface area contributed by atoms with Crippen LogP contribution in [0.3, 0.4) is 0 Å². The molecule has 0 aromatic heterocycles. The molecular weight excluding hydrogens is 187 g/mol. The van der Waals surface area contributed by atoms with Crippen LogP contribution in [0.4, 0.5) is 0 Å². The van der Waals surface area contributed by atoms with E-state index in [4.69, 9.17) is 0 Å². The van der Waals surface area contributed by atoms with Crippen molar-refractivity contribution < 1.29 is 60.2 Å². The van der Waals surface area contributed by atoms with Crippen molar-refractivity contribution in [1.29, 1.82) is 0 Å². The standard InChI is InChI=1S/B.11H2O/h;11*1H2/q+3;;;;;;;;;;;/p-3. The molecule has 0 bridgehead atoms. The van der Waals surface area contributed by atoms with Gasteiger partial charge in [-0.25, -0.2) is 0 Å². The Morgan fingerprint density at radius 3 is 0.250 bits per heavy atom. The van der Waals surface area contributed by atoms with E-state index in [1.165, 1.54) is 0 Å². The Bertz CT molecular complexity index is 4.97. The van der Waals surface area contributed by atoms with Crippen molar-refractivity contribution in [2.45, 2.75) is 0 Å². The minimum absolute atomic E-state index is 0. The van der Waals surface area contributed by atoms with E-state index in [9.17, 15) is 0 Å². The summed E-state index contributed by atoms with van der Waals surface area (Å²) in [6, 6.07) is 0. The second kappa shape index (κ2) is 7000. The predicted octanol–water partition coefficient (Wildman–Crippen LogP) is -7.51. The average molecular weight is 206 g/mol. The van der Waals surface area contributed by atoms with E-state index < -0.39 is 0 Å². The van der Waals surface area contributed by atoms with Gasteiger partial charge in [-0.3, -0.25) is 0 Å². The van der Waals surface area contributed by atoms with Gasteiger partial charge in [0.1, 0.15) is 0 Å². The molecule has 0 atom stereocenters. The van der Waals surface area contributed by atoms with Crippen molar-refractivity contribution in [3.05, 3.63) is 0 Å². The molecule has 0 radical (unpaired) electrons. The maximum absolute atomic E-state index is 0. The Morgan fingerprint density at radius 2 is 0.250 bits per heavy atom. The van der Waals surface area contributed by atoms with Gasteiger partial charge in [0, 0.05) is 0 Å². The summed E-state index contributed by atoms with van der Waals surface area (Å²) in [5.74, 6) is 0. The average Bonchev–Trinajstić information content (AvgIpc) is 0. The quantitative estimate of drug-likeness (QED) is 0.348. The first kappa shape index (κ1) is 9330.